The minimum atomic E-state index is -0.480. The Morgan fingerprint density at radius 1 is 1.33 bits per heavy atom. The van der Waals surface area contributed by atoms with Gasteiger partial charge in [0.15, 0.2) is 0 Å². The largest absolute Gasteiger partial charge is 0.295 e. The predicted octanol–water partition coefficient (Wildman–Crippen LogP) is 4.27. The summed E-state index contributed by atoms with van der Waals surface area (Å²) in [4.78, 5) is 14.6. The molecule has 0 N–H and O–H groups in total. The highest BCUT2D eigenvalue weighted by atomic mass is 35.5. The lowest BCUT2D eigenvalue weighted by atomic mass is 10.1. The van der Waals surface area contributed by atoms with E-state index in [0.29, 0.717) is 16.1 Å². The number of rotatable bonds is 2. The SMILES string of the molecule is Cc1cnc(-c2cccc(Cl)c2Cl)c([N+](=O)[O-])c1. The van der Waals surface area contributed by atoms with Crippen molar-refractivity contribution in [3.05, 3.63) is 56.2 Å². The van der Waals surface area contributed by atoms with Crippen LogP contribution in [0.25, 0.3) is 11.3 Å². The zero-order valence-corrected chi connectivity index (χ0v) is 10.9. The summed E-state index contributed by atoms with van der Waals surface area (Å²) in [6, 6.07) is 6.40. The fourth-order valence-corrected chi connectivity index (χ4v) is 1.98. The molecular formula is C12H8Cl2N2O2. The van der Waals surface area contributed by atoms with E-state index in [1.807, 2.05) is 0 Å². The van der Waals surface area contributed by atoms with Crippen LogP contribution in [0.3, 0.4) is 0 Å². The third-order valence-electron chi connectivity index (χ3n) is 2.41. The van der Waals surface area contributed by atoms with Crippen molar-refractivity contribution in [2.24, 2.45) is 0 Å². The van der Waals surface area contributed by atoms with Crippen molar-refractivity contribution in [1.29, 1.82) is 0 Å². The first kappa shape index (κ1) is 12.8. The molecule has 0 spiro atoms. The standard InChI is InChI=1S/C12H8Cl2N2O2/c1-7-5-10(16(17)18)12(15-6-7)8-3-2-4-9(13)11(8)14/h2-6H,1H3. The molecule has 0 saturated heterocycles. The highest BCUT2D eigenvalue weighted by Crippen LogP contribution is 2.36. The molecule has 0 amide bonds. The Balaban J connectivity index is 2.71. The number of nitro groups is 1. The summed E-state index contributed by atoms with van der Waals surface area (Å²) in [5.41, 5.74) is 1.30. The minimum absolute atomic E-state index is 0.0841. The summed E-state index contributed by atoms with van der Waals surface area (Å²) in [5, 5.41) is 11.6. The Hall–Kier alpha value is -1.65. The van der Waals surface area contributed by atoms with Gasteiger partial charge in [-0.25, -0.2) is 4.98 Å². The third kappa shape index (κ3) is 2.30. The summed E-state index contributed by atoms with van der Waals surface area (Å²) in [6.07, 6.45) is 1.56. The van der Waals surface area contributed by atoms with Crippen LogP contribution in [0.1, 0.15) is 5.56 Å². The zero-order valence-electron chi connectivity index (χ0n) is 9.35. The van der Waals surface area contributed by atoms with Gasteiger partial charge in [0.05, 0.1) is 15.0 Å². The highest BCUT2D eigenvalue weighted by molar-refractivity contribution is 6.43. The number of aromatic nitrogens is 1. The van der Waals surface area contributed by atoms with Gasteiger partial charge in [0.25, 0.3) is 5.69 Å². The molecule has 92 valence electrons. The van der Waals surface area contributed by atoms with Crippen LogP contribution in [0.2, 0.25) is 10.0 Å². The monoisotopic (exact) mass is 282 g/mol. The van der Waals surface area contributed by atoms with Gasteiger partial charge in [-0.2, -0.15) is 0 Å². The molecular weight excluding hydrogens is 275 g/mol. The maximum absolute atomic E-state index is 11.0. The average molecular weight is 283 g/mol. The maximum Gasteiger partial charge on any atom is 0.295 e. The van der Waals surface area contributed by atoms with E-state index < -0.39 is 4.92 Å². The molecule has 0 saturated carbocycles. The molecule has 0 aliphatic heterocycles. The summed E-state index contributed by atoms with van der Waals surface area (Å²) in [5.74, 6) is 0. The molecule has 18 heavy (non-hydrogen) atoms. The van der Waals surface area contributed by atoms with E-state index in [0.717, 1.165) is 0 Å². The van der Waals surface area contributed by atoms with Crippen LogP contribution >= 0.6 is 23.2 Å². The molecule has 1 aromatic heterocycles. The highest BCUT2D eigenvalue weighted by Gasteiger charge is 2.20. The lowest BCUT2D eigenvalue weighted by Crippen LogP contribution is -1.96. The molecule has 4 nitrogen and oxygen atoms in total. The molecule has 1 heterocycles. The van der Waals surface area contributed by atoms with Gasteiger partial charge >= 0.3 is 0 Å². The van der Waals surface area contributed by atoms with E-state index in [-0.39, 0.29) is 16.4 Å². The molecule has 2 rings (SSSR count). The van der Waals surface area contributed by atoms with Crippen molar-refractivity contribution >= 4 is 28.9 Å². The molecule has 0 unspecified atom stereocenters. The van der Waals surface area contributed by atoms with Crippen molar-refractivity contribution in [3.63, 3.8) is 0 Å². The topological polar surface area (TPSA) is 56.0 Å². The van der Waals surface area contributed by atoms with Crippen LogP contribution in [0.4, 0.5) is 5.69 Å². The van der Waals surface area contributed by atoms with Gasteiger partial charge < -0.3 is 0 Å². The number of nitrogens with zero attached hydrogens (tertiary/aromatic N) is 2. The molecule has 0 radical (unpaired) electrons. The van der Waals surface area contributed by atoms with E-state index in [1.165, 1.54) is 6.07 Å². The number of benzene rings is 1. The molecule has 0 aliphatic carbocycles. The fraction of sp³-hybridized carbons (Fsp3) is 0.0833. The van der Waals surface area contributed by atoms with Gasteiger partial charge in [0, 0.05) is 17.8 Å². The Bertz CT molecular complexity index is 629. The lowest BCUT2D eigenvalue weighted by molar-refractivity contribution is -0.384. The number of hydrogen-bond acceptors (Lipinski definition) is 3. The Kier molecular flexibility index (Phi) is 3.50. The van der Waals surface area contributed by atoms with Crippen LogP contribution in [0.15, 0.2) is 30.5 Å². The minimum Gasteiger partial charge on any atom is -0.258 e. The second-order valence-electron chi connectivity index (χ2n) is 3.74. The summed E-state index contributed by atoms with van der Waals surface area (Å²) in [6.45, 7) is 1.74. The van der Waals surface area contributed by atoms with Crippen molar-refractivity contribution in [2.45, 2.75) is 6.92 Å². The lowest BCUT2D eigenvalue weighted by Gasteiger charge is -2.06. The third-order valence-corrected chi connectivity index (χ3v) is 3.23. The molecule has 0 fully saturated rings. The van der Waals surface area contributed by atoms with Gasteiger partial charge in [-0.3, -0.25) is 10.1 Å². The number of hydrogen-bond donors (Lipinski definition) is 0. The Morgan fingerprint density at radius 2 is 2.06 bits per heavy atom. The van der Waals surface area contributed by atoms with Gasteiger partial charge in [-0.05, 0) is 18.6 Å². The van der Waals surface area contributed by atoms with Crippen molar-refractivity contribution in [1.82, 2.24) is 4.98 Å². The first-order chi connectivity index (χ1) is 8.50. The number of halogens is 2. The predicted molar refractivity (Wildman–Crippen MR) is 71.1 cm³/mol. The van der Waals surface area contributed by atoms with Crippen LogP contribution < -0.4 is 0 Å². The van der Waals surface area contributed by atoms with Gasteiger partial charge in [-0.1, -0.05) is 35.3 Å². The van der Waals surface area contributed by atoms with E-state index >= 15 is 0 Å². The van der Waals surface area contributed by atoms with E-state index in [9.17, 15) is 10.1 Å². The summed E-state index contributed by atoms with van der Waals surface area (Å²) < 4.78 is 0. The van der Waals surface area contributed by atoms with Crippen molar-refractivity contribution in [2.75, 3.05) is 0 Å². The smallest absolute Gasteiger partial charge is 0.258 e. The normalized spacial score (nSPS) is 10.4. The van der Waals surface area contributed by atoms with Crippen LogP contribution in [0.5, 0.6) is 0 Å². The van der Waals surface area contributed by atoms with Crippen LogP contribution in [-0.4, -0.2) is 9.91 Å². The summed E-state index contributed by atoms with van der Waals surface area (Å²) in [7, 11) is 0. The molecule has 0 atom stereocenters. The molecule has 2 aromatic rings. The number of aryl methyl sites for hydroxylation is 1. The maximum atomic E-state index is 11.0. The van der Waals surface area contributed by atoms with Crippen molar-refractivity contribution < 1.29 is 4.92 Å². The molecule has 0 aliphatic rings. The van der Waals surface area contributed by atoms with E-state index in [1.54, 1.807) is 31.3 Å². The first-order valence-corrected chi connectivity index (χ1v) is 5.81. The fourth-order valence-electron chi connectivity index (χ4n) is 1.59. The molecule has 1 aromatic carbocycles. The van der Waals surface area contributed by atoms with E-state index in [4.69, 9.17) is 23.2 Å². The van der Waals surface area contributed by atoms with Gasteiger partial charge in [-0.15, -0.1) is 0 Å². The quantitative estimate of drug-likeness (QED) is 0.610. The number of pyridine rings is 1. The zero-order chi connectivity index (χ0) is 13.3. The molecule has 6 heteroatoms. The molecule has 0 bridgehead atoms. The van der Waals surface area contributed by atoms with Crippen LogP contribution in [0, 0.1) is 17.0 Å². The van der Waals surface area contributed by atoms with E-state index in [2.05, 4.69) is 4.98 Å². The average Bonchev–Trinajstić information content (AvgIpc) is 2.33. The van der Waals surface area contributed by atoms with Gasteiger partial charge in [0.2, 0.25) is 0 Å². The van der Waals surface area contributed by atoms with Crippen LogP contribution in [-0.2, 0) is 0 Å². The van der Waals surface area contributed by atoms with Gasteiger partial charge in [0.1, 0.15) is 5.69 Å². The Morgan fingerprint density at radius 3 is 2.72 bits per heavy atom. The Labute approximate surface area is 113 Å². The summed E-state index contributed by atoms with van der Waals surface area (Å²) >= 11 is 11.9. The second kappa shape index (κ2) is 4.92. The second-order valence-corrected chi connectivity index (χ2v) is 4.52. The first-order valence-electron chi connectivity index (χ1n) is 5.06. The van der Waals surface area contributed by atoms with Crippen molar-refractivity contribution in [3.8, 4) is 11.3 Å².